The summed E-state index contributed by atoms with van der Waals surface area (Å²) in [7, 11) is 0. The van der Waals surface area contributed by atoms with Gasteiger partial charge in [0, 0.05) is 16.5 Å². The molecule has 0 unspecified atom stereocenters. The minimum absolute atomic E-state index is 0.0237. The second-order valence-corrected chi connectivity index (χ2v) is 9.37. The first kappa shape index (κ1) is 20.6. The molecule has 1 heterocycles. The summed E-state index contributed by atoms with van der Waals surface area (Å²) >= 11 is 6.29. The Bertz CT molecular complexity index is 827. The van der Waals surface area contributed by atoms with Crippen LogP contribution in [0.5, 0.6) is 0 Å². The molecule has 5 nitrogen and oxygen atoms in total. The number of hydrogen-bond donors (Lipinski definition) is 3. The standard InChI is InChI=1S/C22H29ClFN3O2/c1-12-9-15(10-22(12)21(29)25-11-26-22)20(28)27-19(14-5-3-4-6-14)18-13(2)16(23)7-8-17(18)24/h7-8,12,14-15,19,26H,3-6,9-11H2,1-2H3,(H,25,29)(H,27,28)/t12-,15-,19-,22-/m1/s1. The lowest BCUT2D eigenvalue weighted by atomic mass is 9.87. The van der Waals surface area contributed by atoms with E-state index in [2.05, 4.69) is 16.0 Å². The highest BCUT2D eigenvalue weighted by Gasteiger charge is 2.54. The number of carbonyl (C=O) groups is 2. The summed E-state index contributed by atoms with van der Waals surface area (Å²) in [5.74, 6) is -0.443. The zero-order chi connectivity index (χ0) is 20.8. The molecule has 7 heteroatoms. The van der Waals surface area contributed by atoms with Crippen molar-refractivity contribution >= 4 is 23.4 Å². The third-order valence-corrected chi connectivity index (χ3v) is 7.76. The van der Waals surface area contributed by atoms with Crippen LogP contribution in [0, 0.1) is 30.5 Å². The van der Waals surface area contributed by atoms with E-state index in [1.807, 2.05) is 13.8 Å². The monoisotopic (exact) mass is 421 g/mol. The van der Waals surface area contributed by atoms with Crippen LogP contribution in [0.15, 0.2) is 12.1 Å². The lowest BCUT2D eigenvalue weighted by Crippen LogP contribution is -2.49. The summed E-state index contributed by atoms with van der Waals surface area (Å²) in [5, 5.41) is 9.78. The van der Waals surface area contributed by atoms with Crippen LogP contribution in [0.4, 0.5) is 4.39 Å². The molecule has 3 aliphatic rings. The maximum absolute atomic E-state index is 14.8. The van der Waals surface area contributed by atoms with E-state index < -0.39 is 5.54 Å². The Hall–Kier alpha value is -1.66. The molecule has 29 heavy (non-hydrogen) atoms. The van der Waals surface area contributed by atoms with Gasteiger partial charge in [-0.15, -0.1) is 0 Å². The smallest absolute Gasteiger partial charge is 0.241 e. The highest BCUT2D eigenvalue weighted by atomic mass is 35.5. The topological polar surface area (TPSA) is 70.2 Å². The van der Waals surface area contributed by atoms with Crippen molar-refractivity contribution in [2.45, 2.75) is 64.0 Å². The number of rotatable bonds is 4. The second kappa shape index (κ2) is 7.88. The van der Waals surface area contributed by atoms with Gasteiger partial charge >= 0.3 is 0 Å². The molecule has 2 amide bonds. The number of hydrogen-bond acceptors (Lipinski definition) is 3. The zero-order valence-electron chi connectivity index (χ0n) is 17.0. The van der Waals surface area contributed by atoms with E-state index in [4.69, 9.17) is 11.6 Å². The van der Waals surface area contributed by atoms with Crippen molar-refractivity contribution in [1.82, 2.24) is 16.0 Å². The van der Waals surface area contributed by atoms with E-state index in [1.54, 1.807) is 6.07 Å². The van der Waals surface area contributed by atoms with Crippen LogP contribution in [0.1, 0.15) is 62.6 Å². The van der Waals surface area contributed by atoms with Gasteiger partial charge in [0.25, 0.3) is 0 Å². The van der Waals surface area contributed by atoms with Crippen LogP contribution < -0.4 is 16.0 Å². The summed E-state index contributed by atoms with van der Waals surface area (Å²) in [6.45, 7) is 4.27. The van der Waals surface area contributed by atoms with Gasteiger partial charge in [0.15, 0.2) is 0 Å². The minimum atomic E-state index is -0.665. The lowest BCUT2D eigenvalue weighted by Gasteiger charge is -2.29. The zero-order valence-corrected chi connectivity index (χ0v) is 17.7. The molecule has 0 aromatic heterocycles. The first-order valence-corrected chi connectivity index (χ1v) is 11.0. The van der Waals surface area contributed by atoms with E-state index in [9.17, 15) is 14.0 Å². The lowest BCUT2D eigenvalue weighted by molar-refractivity contribution is -0.126. The molecule has 1 aromatic carbocycles. The largest absolute Gasteiger partial charge is 0.349 e. The maximum Gasteiger partial charge on any atom is 0.241 e. The Labute approximate surface area is 176 Å². The molecule has 4 rings (SSSR count). The number of benzene rings is 1. The van der Waals surface area contributed by atoms with Crippen LogP contribution in [0.2, 0.25) is 5.02 Å². The molecule has 3 N–H and O–H groups in total. The molecule has 0 radical (unpaired) electrons. The Morgan fingerprint density at radius 1 is 1.34 bits per heavy atom. The molecular formula is C22H29ClFN3O2. The molecular weight excluding hydrogens is 393 g/mol. The van der Waals surface area contributed by atoms with Gasteiger partial charge in [-0.3, -0.25) is 14.9 Å². The molecule has 2 saturated carbocycles. The molecule has 0 bridgehead atoms. The van der Waals surface area contributed by atoms with Gasteiger partial charge in [-0.25, -0.2) is 4.39 Å². The number of amides is 2. The molecule has 1 aromatic rings. The van der Waals surface area contributed by atoms with Crippen molar-refractivity contribution < 1.29 is 14.0 Å². The second-order valence-electron chi connectivity index (χ2n) is 8.97. The fraction of sp³-hybridized carbons (Fsp3) is 0.636. The number of nitrogens with one attached hydrogen (secondary N) is 3. The average molecular weight is 422 g/mol. The van der Waals surface area contributed by atoms with E-state index in [1.165, 1.54) is 6.07 Å². The molecule has 158 valence electrons. The summed E-state index contributed by atoms with van der Waals surface area (Å²) in [5.41, 5.74) is 0.537. The van der Waals surface area contributed by atoms with Crippen molar-refractivity contribution in [2.75, 3.05) is 6.67 Å². The molecule has 1 saturated heterocycles. The highest BCUT2D eigenvalue weighted by Crippen LogP contribution is 2.43. The molecule has 3 fully saturated rings. The molecule has 4 atom stereocenters. The summed E-state index contributed by atoms with van der Waals surface area (Å²) in [6, 6.07) is 2.56. The van der Waals surface area contributed by atoms with Crippen molar-refractivity contribution in [1.29, 1.82) is 0 Å². The van der Waals surface area contributed by atoms with Crippen LogP contribution in [0.25, 0.3) is 0 Å². The Morgan fingerprint density at radius 3 is 2.72 bits per heavy atom. The van der Waals surface area contributed by atoms with Gasteiger partial charge in [0.05, 0.1) is 12.7 Å². The van der Waals surface area contributed by atoms with Crippen molar-refractivity contribution in [3.8, 4) is 0 Å². The quantitative estimate of drug-likeness (QED) is 0.695. The molecule has 1 spiro atoms. The number of halogens is 2. The van der Waals surface area contributed by atoms with Crippen molar-refractivity contribution in [3.63, 3.8) is 0 Å². The summed E-state index contributed by atoms with van der Waals surface area (Å²) in [6.07, 6.45) is 5.22. The van der Waals surface area contributed by atoms with Crippen LogP contribution in [0.3, 0.4) is 0 Å². The first-order valence-electron chi connectivity index (χ1n) is 10.6. The minimum Gasteiger partial charge on any atom is -0.349 e. The SMILES string of the molecule is Cc1c(Cl)ccc(F)c1[C@H](NC(=O)[C@@H]1C[C@@H](C)[C@@]2(C1)NCNC2=O)C1CCCC1. The van der Waals surface area contributed by atoms with Gasteiger partial charge in [-0.1, -0.05) is 31.4 Å². The maximum atomic E-state index is 14.8. The highest BCUT2D eigenvalue weighted by molar-refractivity contribution is 6.31. The van der Waals surface area contributed by atoms with Gasteiger partial charge in [0.1, 0.15) is 11.4 Å². The molecule has 2 aliphatic carbocycles. The Balaban J connectivity index is 1.58. The van der Waals surface area contributed by atoms with Gasteiger partial charge < -0.3 is 10.6 Å². The average Bonchev–Trinajstić information content (AvgIpc) is 3.41. The van der Waals surface area contributed by atoms with Crippen LogP contribution in [-0.4, -0.2) is 24.0 Å². The van der Waals surface area contributed by atoms with E-state index >= 15 is 0 Å². The Morgan fingerprint density at radius 2 is 2.07 bits per heavy atom. The van der Waals surface area contributed by atoms with E-state index in [0.29, 0.717) is 35.7 Å². The van der Waals surface area contributed by atoms with Gasteiger partial charge in [-0.2, -0.15) is 0 Å². The van der Waals surface area contributed by atoms with Crippen LogP contribution >= 0.6 is 11.6 Å². The first-order chi connectivity index (χ1) is 13.8. The fourth-order valence-corrected chi connectivity index (χ4v) is 5.79. The molecule has 1 aliphatic heterocycles. The normalized spacial score (nSPS) is 30.7. The predicted octanol–water partition coefficient (Wildman–Crippen LogP) is 3.60. The van der Waals surface area contributed by atoms with Gasteiger partial charge in [-0.05, 0) is 62.1 Å². The van der Waals surface area contributed by atoms with Crippen molar-refractivity contribution in [3.05, 3.63) is 34.1 Å². The van der Waals surface area contributed by atoms with E-state index in [0.717, 1.165) is 25.7 Å². The number of carbonyl (C=O) groups excluding carboxylic acids is 2. The Kier molecular flexibility index (Phi) is 5.60. The van der Waals surface area contributed by atoms with Gasteiger partial charge in [0.2, 0.25) is 11.8 Å². The third-order valence-electron chi connectivity index (χ3n) is 7.35. The predicted molar refractivity (Wildman–Crippen MR) is 110 cm³/mol. The summed E-state index contributed by atoms with van der Waals surface area (Å²) in [4.78, 5) is 25.6. The van der Waals surface area contributed by atoms with E-state index in [-0.39, 0.29) is 41.4 Å². The third kappa shape index (κ3) is 3.55. The van der Waals surface area contributed by atoms with Crippen LogP contribution in [-0.2, 0) is 9.59 Å². The van der Waals surface area contributed by atoms with Crippen molar-refractivity contribution in [2.24, 2.45) is 17.8 Å². The summed E-state index contributed by atoms with van der Waals surface area (Å²) < 4.78 is 14.8. The fourth-order valence-electron chi connectivity index (χ4n) is 5.62.